The lowest BCUT2D eigenvalue weighted by Crippen LogP contribution is -2.16. The fraction of sp³-hybridized carbons (Fsp3) is 0.182. The summed E-state index contributed by atoms with van der Waals surface area (Å²) in [5, 5.41) is 9.67. The van der Waals surface area contributed by atoms with Gasteiger partial charge in [0.25, 0.3) is 5.91 Å². The van der Waals surface area contributed by atoms with E-state index in [0.29, 0.717) is 0 Å². The number of anilines is 1. The van der Waals surface area contributed by atoms with Crippen molar-refractivity contribution in [1.82, 2.24) is 20.2 Å². The van der Waals surface area contributed by atoms with E-state index in [9.17, 15) is 4.79 Å². The summed E-state index contributed by atoms with van der Waals surface area (Å²) in [7, 11) is 0. The van der Waals surface area contributed by atoms with Crippen LogP contribution in [0.2, 0.25) is 10.3 Å². The van der Waals surface area contributed by atoms with Crippen LogP contribution in [-0.2, 0) is 0 Å². The molecule has 0 aromatic carbocycles. The van der Waals surface area contributed by atoms with E-state index < -0.39 is 5.91 Å². The number of hydrogen-bond acceptors (Lipinski definition) is 5. The third-order valence-electron chi connectivity index (χ3n) is 2.17. The zero-order valence-electron chi connectivity index (χ0n) is 10.1. The molecule has 0 radical (unpaired) electrons. The lowest BCUT2D eigenvalue weighted by molar-refractivity contribution is 0.102. The lowest BCUT2D eigenvalue weighted by Gasteiger charge is -2.06. The van der Waals surface area contributed by atoms with Crippen molar-refractivity contribution in [2.45, 2.75) is 13.8 Å². The third kappa shape index (κ3) is 3.36. The van der Waals surface area contributed by atoms with Crippen molar-refractivity contribution in [1.29, 1.82) is 0 Å². The predicted molar refractivity (Wildman–Crippen MR) is 71.5 cm³/mol. The van der Waals surface area contributed by atoms with Crippen LogP contribution < -0.4 is 5.32 Å². The minimum atomic E-state index is -0.494. The maximum atomic E-state index is 12.0. The van der Waals surface area contributed by atoms with Crippen LogP contribution in [0.25, 0.3) is 0 Å². The van der Waals surface area contributed by atoms with Gasteiger partial charge < -0.3 is 0 Å². The number of amides is 1. The Hall–Kier alpha value is -1.79. The Morgan fingerprint density at radius 1 is 1.11 bits per heavy atom. The van der Waals surface area contributed by atoms with Crippen molar-refractivity contribution >= 4 is 35.1 Å². The van der Waals surface area contributed by atoms with Gasteiger partial charge in [0.05, 0.1) is 5.56 Å². The number of hydrogen-bond donors (Lipinski definition) is 1. The van der Waals surface area contributed by atoms with Crippen LogP contribution in [0.4, 0.5) is 5.95 Å². The number of halogens is 2. The van der Waals surface area contributed by atoms with E-state index in [1.54, 1.807) is 6.07 Å². The predicted octanol–water partition coefficient (Wildman–Crippen LogP) is 2.44. The van der Waals surface area contributed by atoms with Gasteiger partial charge in [-0.2, -0.15) is 0 Å². The van der Waals surface area contributed by atoms with Gasteiger partial charge in [-0.3, -0.25) is 10.1 Å². The maximum absolute atomic E-state index is 12.0. The normalized spacial score (nSPS) is 10.3. The first-order chi connectivity index (χ1) is 8.95. The second-order valence-electron chi connectivity index (χ2n) is 3.80. The molecule has 1 amide bonds. The molecule has 19 heavy (non-hydrogen) atoms. The SMILES string of the molecule is Cc1cc(C)nc(NC(=O)c2cc(Cl)nnc2Cl)n1. The molecule has 2 aromatic rings. The first-order valence-corrected chi connectivity index (χ1v) is 6.03. The van der Waals surface area contributed by atoms with E-state index in [1.807, 2.05) is 13.8 Å². The first kappa shape index (κ1) is 13.6. The third-order valence-corrected chi connectivity index (χ3v) is 2.64. The van der Waals surface area contributed by atoms with Crippen LogP contribution in [0.1, 0.15) is 21.7 Å². The second kappa shape index (κ2) is 5.46. The van der Waals surface area contributed by atoms with Gasteiger partial charge in [0.1, 0.15) is 0 Å². The zero-order chi connectivity index (χ0) is 14.0. The highest BCUT2D eigenvalue weighted by atomic mass is 35.5. The van der Waals surface area contributed by atoms with Crippen molar-refractivity contribution in [3.05, 3.63) is 39.4 Å². The number of carbonyl (C=O) groups excluding carboxylic acids is 1. The van der Waals surface area contributed by atoms with Gasteiger partial charge in [-0.25, -0.2) is 9.97 Å². The fourth-order valence-corrected chi connectivity index (χ4v) is 1.79. The molecule has 98 valence electrons. The molecule has 0 aliphatic heterocycles. The van der Waals surface area contributed by atoms with Crippen LogP contribution in [0.5, 0.6) is 0 Å². The minimum Gasteiger partial charge on any atom is -0.290 e. The largest absolute Gasteiger partial charge is 0.290 e. The number of aryl methyl sites for hydroxylation is 2. The topological polar surface area (TPSA) is 80.7 Å². The van der Waals surface area contributed by atoms with Gasteiger partial charge in [-0.1, -0.05) is 23.2 Å². The zero-order valence-corrected chi connectivity index (χ0v) is 11.6. The number of aromatic nitrogens is 4. The highest BCUT2D eigenvalue weighted by Gasteiger charge is 2.14. The van der Waals surface area contributed by atoms with E-state index >= 15 is 0 Å². The summed E-state index contributed by atoms with van der Waals surface area (Å²) in [5.41, 5.74) is 1.61. The average molecular weight is 298 g/mol. The molecule has 6 nitrogen and oxygen atoms in total. The van der Waals surface area contributed by atoms with Crippen molar-refractivity contribution in [3.8, 4) is 0 Å². The number of nitrogens with zero attached hydrogens (tertiary/aromatic N) is 4. The van der Waals surface area contributed by atoms with Crippen LogP contribution in [0, 0.1) is 13.8 Å². The summed E-state index contributed by atoms with van der Waals surface area (Å²) in [6, 6.07) is 3.13. The molecule has 0 fully saturated rings. The summed E-state index contributed by atoms with van der Waals surface area (Å²) < 4.78 is 0. The van der Waals surface area contributed by atoms with Crippen molar-refractivity contribution in [2.75, 3.05) is 5.32 Å². The van der Waals surface area contributed by atoms with Gasteiger partial charge in [0.2, 0.25) is 5.95 Å². The molecule has 0 unspecified atom stereocenters. The Bertz CT molecular complexity index is 627. The quantitative estimate of drug-likeness (QED) is 0.921. The molecule has 2 aromatic heterocycles. The van der Waals surface area contributed by atoms with Crippen molar-refractivity contribution in [2.24, 2.45) is 0 Å². The number of rotatable bonds is 2. The summed E-state index contributed by atoms with van der Waals surface area (Å²) >= 11 is 11.5. The second-order valence-corrected chi connectivity index (χ2v) is 4.55. The Morgan fingerprint density at radius 2 is 1.74 bits per heavy atom. The average Bonchev–Trinajstić information content (AvgIpc) is 2.30. The van der Waals surface area contributed by atoms with E-state index in [0.717, 1.165) is 11.4 Å². The Morgan fingerprint density at radius 3 is 2.37 bits per heavy atom. The molecular formula is C11H9Cl2N5O. The highest BCUT2D eigenvalue weighted by Crippen LogP contribution is 2.16. The van der Waals surface area contributed by atoms with Gasteiger partial charge in [-0.15, -0.1) is 10.2 Å². The standard InChI is InChI=1S/C11H9Cl2N5O/c1-5-3-6(2)15-11(14-5)16-10(19)7-4-8(12)17-18-9(7)13/h3-4H,1-2H3,(H,14,15,16,19). The van der Waals surface area contributed by atoms with Crippen LogP contribution in [0.3, 0.4) is 0 Å². The molecule has 0 aliphatic carbocycles. The van der Waals surface area contributed by atoms with Crippen LogP contribution in [-0.4, -0.2) is 26.1 Å². The number of carbonyl (C=O) groups is 1. The molecule has 0 saturated carbocycles. The fourth-order valence-electron chi connectivity index (χ4n) is 1.46. The Balaban J connectivity index is 2.28. The molecule has 2 rings (SSSR count). The summed E-state index contributed by atoms with van der Waals surface area (Å²) in [6.45, 7) is 3.62. The van der Waals surface area contributed by atoms with Crippen LogP contribution in [0.15, 0.2) is 12.1 Å². The van der Waals surface area contributed by atoms with E-state index in [1.165, 1.54) is 6.07 Å². The summed E-state index contributed by atoms with van der Waals surface area (Å²) in [5.74, 6) is -0.293. The molecule has 0 saturated heterocycles. The monoisotopic (exact) mass is 297 g/mol. The molecule has 1 N–H and O–H groups in total. The molecule has 0 bridgehead atoms. The van der Waals surface area contributed by atoms with Crippen molar-refractivity contribution < 1.29 is 4.79 Å². The van der Waals surface area contributed by atoms with Gasteiger partial charge in [0.15, 0.2) is 10.3 Å². The van der Waals surface area contributed by atoms with Crippen molar-refractivity contribution in [3.63, 3.8) is 0 Å². The van der Waals surface area contributed by atoms with Gasteiger partial charge >= 0.3 is 0 Å². The summed E-state index contributed by atoms with van der Waals surface area (Å²) in [4.78, 5) is 20.2. The van der Waals surface area contributed by atoms with Crippen LogP contribution >= 0.6 is 23.2 Å². The van der Waals surface area contributed by atoms with Gasteiger partial charge in [0, 0.05) is 11.4 Å². The molecule has 0 spiro atoms. The minimum absolute atomic E-state index is 0.0359. The van der Waals surface area contributed by atoms with E-state index in [4.69, 9.17) is 23.2 Å². The van der Waals surface area contributed by atoms with E-state index in [2.05, 4.69) is 25.5 Å². The first-order valence-electron chi connectivity index (χ1n) is 5.28. The summed E-state index contributed by atoms with van der Waals surface area (Å²) in [6.07, 6.45) is 0. The Kier molecular flexibility index (Phi) is 3.92. The smallest absolute Gasteiger partial charge is 0.261 e. The Labute approximate surface area is 119 Å². The molecule has 0 aliphatic rings. The van der Waals surface area contributed by atoms with E-state index in [-0.39, 0.29) is 21.8 Å². The molecular weight excluding hydrogens is 289 g/mol. The number of nitrogens with one attached hydrogen (secondary N) is 1. The maximum Gasteiger partial charge on any atom is 0.261 e. The lowest BCUT2D eigenvalue weighted by atomic mass is 10.3. The molecule has 8 heteroatoms. The molecule has 0 atom stereocenters. The molecule has 2 heterocycles. The van der Waals surface area contributed by atoms with Gasteiger partial charge in [-0.05, 0) is 26.0 Å². The highest BCUT2D eigenvalue weighted by molar-refractivity contribution is 6.34.